The van der Waals surface area contributed by atoms with Crippen LogP contribution >= 0.6 is 0 Å². The van der Waals surface area contributed by atoms with Crippen LogP contribution in [-0.2, 0) is 0 Å². The van der Waals surface area contributed by atoms with Crippen LogP contribution in [0.1, 0.15) is 11.1 Å². The fourth-order valence-electron chi connectivity index (χ4n) is 2.05. The SMILES string of the molecule is Cc1ccc(/C=C(\C#N)n2nnc3c(F)cccc32)cc1. The van der Waals surface area contributed by atoms with E-state index in [2.05, 4.69) is 16.4 Å². The third-order valence-electron chi connectivity index (χ3n) is 3.15. The van der Waals surface area contributed by atoms with Crippen LogP contribution in [0.4, 0.5) is 4.39 Å². The van der Waals surface area contributed by atoms with Crippen molar-refractivity contribution in [3.05, 3.63) is 59.4 Å². The average molecular weight is 278 g/mol. The third-order valence-corrected chi connectivity index (χ3v) is 3.15. The van der Waals surface area contributed by atoms with E-state index in [1.54, 1.807) is 18.2 Å². The number of hydrogen-bond acceptors (Lipinski definition) is 3. The lowest BCUT2D eigenvalue weighted by molar-refractivity contribution is 0.636. The molecule has 0 bridgehead atoms. The molecule has 1 heterocycles. The summed E-state index contributed by atoms with van der Waals surface area (Å²) in [6.45, 7) is 1.99. The molecule has 0 aliphatic rings. The average Bonchev–Trinajstić information content (AvgIpc) is 2.92. The van der Waals surface area contributed by atoms with E-state index in [-0.39, 0.29) is 11.2 Å². The van der Waals surface area contributed by atoms with Gasteiger partial charge in [0, 0.05) is 0 Å². The number of fused-ring (bicyclic) bond motifs is 1. The molecule has 0 aliphatic heterocycles. The minimum Gasteiger partial charge on any atom is -0.204 e. The number of aromatic nitrogens is 3. The third kappa shape index (κ3) is 2.39. The Hall–Kier alpha value is -3.00. The summed E-state index contributed by atoms with van der Waals surface area (Å²) in [5, 5.41) is 17.0. The molecular formula is C16H11FN4. The first-order valence-corrected chi connectivity index (χ1v) is 6.38. The molecular weight excluding hydrogens is 267 g/mol. The van der Waals surface area contributed by atoms with Gasteiger partial charge in [-0.15, -0.1) is 5.10 Å². The van der Waals surface area contributed by atoms with Gasteiger partial charge in [-0.05, 0) is 30.7 Å². The van der Waals surface area contributed by atoms with E-state index in [4.69, 9.17) is 0 Å². The van der Waals surface area contributed by atoms with Crippen LogP contribution in [-0.4, -0.2) is 15.0 Å². The van der Waals surface area contributed by atoms with Crippen LogP contribution in [0.15, 0.2) is 42.5 Å². The minimum atomic E-state index is -0.452. The Balaban J connectivity index is 2.13. The molecule has 0 amide bonds. The Morgan fingerprint density at radius 3 is 2.71 bits per heavy atom. The highest BCUT2D eigenvalue weighted by atomic mass is 19.1. The Morgan fingerprint density at radius 1 is 1.24 bits per heavy atom. The van der Waals surface area contributed by atoms with E-state index in [9.17, 15) is 9.65 Å². The van der Waals surface area contributed by atoms with Gasteiger partial charge in [0.1, 0.15) is 17.3 Å². The summed E-state index contributed by atoms with van der Waals surface area (Å²) >= 11 is 0. The summed E-state index contributed by atoms with van der Waals surface area (Å²) in [4.78, 5) is 0. The van der Waals surface area contributed by atoms with E-state index in [0.29, 0.717) is 5.52 Å². The molecule has 3 rings (SSSR count). The minimum absolute atomic E-state index is 0.155. The maximum Gasteiger partial charge on any atom is 0.153 e. The maximum atomic E-state index is 13.6. The van der Waals surface area contributed by atoms with Crippen molar-refractivity contribution in [1.29, 1.82) is 5.26 Å². The molecule has 0 N–H and O–H groups in total. The van der Waals surface area contributed by atoms with Gasteiger partial charge in [0.05, 0.1) is 5.52 Å². The van der Waals surface area contributed by atoms with Crippen molar-refractivity contribution in [1.82, 2.24) is 15.0 Å². The first-order chi connectivity index (χ1) is 10.2. The van der Waals surface area contributed by atoms with Crippen LogP contribution in [0, 0.1) is 24.1 Å². The number of nitriles is 1. The van der Waals surface area contributed by atoms with Crippen LogP contribution in [0.2, 0.25) is 0 Å². The van der Waals surface area contributed by atoms with Gasteiger partial charge in [0.2, 0.25) is 0 Å². The van der Waals surface area contributed by atoms with Crippen molar-refractivity contribution in [2.24, 2.45) is 0 Å². The Morgan fingerprint density at radius 2 is 2.00 bits per heavy atom. The van der Waals surface area contributed by atoms with Crippen LogP contribution in [0.25, 0.3) is 22.8 Å². The number of allylic oxidation sites excluding steroid dienone is 1. The van der Waals surface area contributed by atoms with Crippen molar-refractivity contribution >= 4 is 22.8 Å². The van der Waals surface area contributed by atoms with Gasteiger partial charge < -0.3 is 0 Å². The number of halogens is 1. The molecule has 102 valence electrons. The zero-order valence-electron chi connectivity index (χ0n) is 11.3. The molecule has 0 fully saturated rings. The summed E-state index contributed by atoms with van der Waals surface area (Å²) in [5.74, 6) is -0.452. The highest BCUT2D eigenvalue weighted by Crippen LogP contribution is 2.19. The molecule has 0 saturated heterocycles. The van der Waals surface area contributed by atoms with Gasteiger partial charge in [0.25, 0.3) is 0 Å². The number of nitrogens with zero attached hydrogens (tertiary/aromatic N) is 4. The highest BCUT2D eigenvalue weighted by molar-refractivity contribution is 5.86. The summed E-state index contributed by atoms with van der Waals surface area (Å²) in [7, 11) is 0. The fourth-order valence-corrected chi connectivity index (χ4v) is 2.05. The summed E-state index contributed by atoms with van der Waals surface area (Å²) in [6.07, 6.45) is 1.69. The van der Waals surface area contributed by atoms with Gasteiger partial charge in [-0.3, -0.25) is 0 Å². The van der Waals surface area contributed by atoms with Crippen molar-refractivity contribution in [3.8, 4) is 6.07 Å². The molecule has 0 spiro atoms. The van der Waals surface area contributed by atoms with Crippen LogP contribution < -0.4 is 0 Å². The molecule has 0 atom stereocenters. The summed E-state index contributed by atoms with van der Waals surface area (Å²) in [6, 6.07) is 14.4. The molecule has 21 heavy (non-hydrogen) atoms. The lowest BCUT2D eigenvalue weighted by atomic mass is 10.1. The van der Waals surface area contributed by atoms with Gasteiger partial charge in [-0.1, -0.05) is 41.1 Å². The topological polar surface area (TPSA) is 54.5 Å². The van der Waals surface area contributed by atoms with E-state index in [1.165, 1.54) is 10.7 Å². The second-order valence-electron chi connectivity index (χ2n) is 4.66. The van der Waals surface area contributed by atoms with Gasteiger partial charge >= 0.3 is 0 Å². The van der Waals surface area contributed by atoms with Gasteiger partial charge in [-0.25, -0.2) is 9.07 Å². The molecule has 0 radical (unpaired) electrons. The Bertz CT molecular complexity index is 869. The smallest absolute Gasteiger partial charge is 0.153 e. The standard InChI is InChI=1S/C16H11FN4/c1-11-5-7-12(8-6-11)9-13(10-18)21-15-4-2-3-14(17)16(15)19-20-21/h2-9H,1H3/b13-9+. The lowest BCUT2D eigenvalue weighted by Crippen LogP contribution is -1.97. The molecule has 0 unspecified atom stereocenters. The predicted octanol–water partition coefficient (Wildman–Crippen LogP) is 3.40. The maximum absolute atomic E-state index is 13.6. The van der Waals surface area contributed by atoms with Crippen molar-refractivity contribution in [2.75, 3.05) is 0 Å². The monoisotopic (exact) mass is 278 g/mol. The van der Waals surface area contributed by atoms with Crippen LogP contribution in [0.5, 0.6) is 0 Å². The highest BCUT2D eigenvalue weighted by Gasteiger charge is 2.11. The van der Waals surface area contributed by atoms with E-state index in [0.717, 1.165) is 11.1 Å². The predicted molar refractivity (Wildman–Crippen MR) is 78.4 cm³/mol. The van der Waals surface area contributed by atoms with Crippen LogP contribution in [0.3, 0.4) is 0 Å². The summed E-state index contributed by atoms with van der Waals surface area (Å²) < 4.78 is 15.0. The van der Waals surface area contributed by atoms with Gasteiger partial charge in [-0.2, -0.15) is 5.26 Å². The lowest BCUT2D eigenvalue weighted by Gasteiger charge is -2.01. The first-order valence-electron chi connectivity index (χ1n) is 6.38. The zero-order valence-corrected chi connectivity index (χ0v) is 11.3. The quantitative estimate of drug-likeness (QED) is 0.675. The molecule has 5 heteroatoms. The van der Waals surface area contributed by atoms with Gasteiger partial charge in [0.15, 0.2) is 5.82 Å². The normalized spacial score (nSPS) is 11.6. The second-order valence-corrected chi connectivity index (χ2v) is 4.66. The number of benzene rings is 2. The van der Waals surface area contributed by atoms with Crippen molar-refractivity contribution < 1.29 is 4.39 Å². The second kappa shape index (κ2) is 5.17. The summed E-state index contributed by atoms with van der Waals surface area (Å²) in [5.41, 5.74) is 2.92. The van der Waals surface area contributed by atoms with E-state index in [1.807, 2.05) is 31.2 Å². The molecule has 3 aromatic rings. The molecule has 0 aliphatic carbocycles. The molecule has 4 nitrogen and oxygen atoms in total. The zero-order chi connectivity index (χ0) is 14.8. The molecule has 0 saturated carbocycles. The number of aryl methyl sites for hydroxylation is 1. The first kappa shape index (κ1) is 13.0. The van der Waals surface area contributed by atoms with Crippen molar-refractivity contribution in [3.63, 3.8) is 0 Å². The molecule has 2 aromatic carbocycles. The van der Waals surface area contributed by atoms with E-state index < -0.39 is 5.82 Å². The fraction of sp³-hybridized carbons (Fsp3) is 0.0625. The Kier molecular flexibility index (Phi) is 3.20. The number of hydrogen-bond donors (Lipinski definition) is 0. The number of rotatable bonds is 2. The van der Waals surface area contributed by atoms with Crippen molar-refractivity contribution in [2.45, 2.75) is 6.92 Å². The van der Waals surface area contributed by atoms with E-state index >= 15 is 0 Å². The molecule has 1 aromatic heterocycles. The Labute approximate surface area is 120 Å². The largest absolute Gasteiger partial charge is 0.204 e.